The summed E-state index contributed by atoms with van der Waals surface area (Å²) >= 11 is 0. The van der Waals surface area contributed by atoms with Crippen LogP contribution in [0.25, 0.3) is 0 Å². The second-order valence-electron chi connectivity index (χ2n) is 3.44. The molecule has 0 unspecified atom stereocenters. The molecule has 0 aromatic carbocycles. The molecule has 0 amide bonds. The summed E-state index contributed by atoms with van der Waals surface area (Å²) in [5.41, 5.74) is 2.05. The zero-order chi connectivity index (χ0) is 14.7. The average Bonchev–Trinajstić information content (AvgIpc) is 2.65. The highest BCUT2D eigenvalue weighted by Crippen LogP contribution is 2.32. The summed E-state index contributed by atoms with van der Waals surface area (Å²) in [5, 5.41) is 0. The third-order valence-corrected chi connectivity index (χ3v) is 2.49. The SMILES string of the molecule is C=C/C=C1/OBOC2=C(CCC=C2)C1=C.CC.CC. The normalized spacial score (nSPS) is 18.3. The Bertz CT molecular complexity index is 390. The van der Waals surface area contributed by atoms with Crippen molar-refractivity contribution in [3.05, 3.63) is 60.1 Å². The van der Waals surface area contributed by atoms with E-state index in [0.29, 0.717) is 0 Å². The van der Waals surface area contributed by atoms with Crippen molar-refractivity contribution in [3.8, 4) is 0 Å². The van der Waals surface area contributed by atoms with Crippen molar-refractivity contribution in [1.29, 1.82) is 0 Å². The van der Waals surface area contributed by atoms with Crippen LogP contribution in [-0.2, 0) is 9.31 Å². The van der Waals surface area contributed by atoms with Crippen molar-refractivity contribution < 1.29 is 9.31 Å². The molecule has 0 bridgehead atoms. The maximum absolute atomic E-state index is 5.49. The third-order valence-electron chi connectivity index (χ3n) is 2.49. The van der Waals surface area contributed by atoms with Gasteiger partial charge in [0.25, 0.3) is 0 Å². The van der Waals surface area contributed by atoms with Gasteiger partial charge in [-0.2, -0.15) is 0 Å². The van der Waals surface area contributed by atoms with Gasteiger partial charge in [0.15, 0.2) is 0 Å². The summed E-state index contributed by atoms with van der Waals surface area (Å²) < 4.78 is 10.9. The molecule has 1 aliphatic carbocycles. The number of rotatable bonds is 1. The molecule has 2 nitrogen and oxygen atoms in total. The molecule has 0 fully saturated rings. The molecule has 0 atom stereocenters. The zero-order valence-electron chi connectivity index (χ0n) is 12.7. The van der Waals surface area contributed by atoms with Crippen LogP contribution in [0.3, 0.4) is 0 Å². The van der Waals surface area contributed by atoms with Gasteiger partial charge in [0, 0.05) is 11.1 Å². The molecule has 3 heteroatoms. The van der Waals surface area contributed by atoms with E-state index >= 15 is 0 Å². The first-order valence-corrected chi connectivity index (χ1v) is 7.00. The predicted octanol–water partition coefficient (Wildman–Crippen LogP) is 4.58. The van der Waals surface area contributed by atoms with E-state index in [1.807, 2.05) is 39.8 Å². The van der Waals surface area contributed by atoms with E-state index < -0.39 is 0 Å². The zero-order valence-corrected chi connectivity index (χ0v) is 12.7. The Kier molecular flexibility index (Phi) is 9.42. The Balaban J connectivity index is 0.000000741. The van der Waals surface area contributed by atoms with Gasteiger partial charge in [-0.3, -0.25) is 0 Å². The first kappa shape index (κ1) is 17.4. The molecule has 1 heterocycles. The van der Waals surface area contributed by atoms with Gasteiger partial charge >= 0.3 is 7.69 Å². The minimum absolute atomic E-state index is 0.238. The van der Waals surface area contributed by atoms with E-state index in [9.17, 15) is 0 Å². The fraction of sp³-hybridized carbons (Fsp3) is 0.375. The Morgan fingerprint density at radius 1 is 1.21 bits per heavy atom. The molecule has 0 spiro atoms. The van der Waals surface area contributed by atoms with E-state index in [0.717, 1.165) is 35.5 Å². The van der Waals surface area contributed by atoms with Crippen LogP contribution in [0.2, 0.25) is 0 Å². The van der Waals surface area contributed by atoms with Gasteiger partial charge in [-0.05, 0) is 25.0 Å². The summed E-state index contributed by atoms with van der Waals surface area (Å²) in [4.78, 5) is 0. The minimum Gasteiger partial charge on any atom is -0.528 e. The number of hydrogen-bond donors (Lipinski definition) is 0. The van der Waals surface area contributed by atoms with Crippen LogP contribution in [0.5, 0.6) is 0 Å². The van der Waals surface area contributed by atoms with E-state index in [1.54, 1.807) is 6.08 Å². The molecule has 0 aromatic rings. The molecule has 104 valence electrons. The third kappa shape index (κ3) is 4.86. The van der Waals surface area contributed by atoms with Gasteiger partial charge in [0.2, 0.25) is 0 Å². The maximum Gasteiger partial charge on any atom is 0.576 e. The van der Waals surface area contributed by atoms with Crippen molar-refractivity contribution in [1.82, 2.24) is 0 Å². The van der Waals surface area contributed by atoms with Crippen molar-refractivity contribution >= 4 is 7.69 Å². The van der Waals surface area contributed by atoms with Crippen LogP contribution < -0.4 is 0 Å². The van der Waals surface area contributed by atoms with Crippen LogP contribution in [0.1, 0.15) is 40.5 Å². The minimum atomic E-state index is 0.238. The lowest BCUT2D eigenvalue weighted by atomic mass is 9.95. The summed E-state index contributed by atoms with van der Waals surface area (Å²) in [7, 11) is 0.238. The van der Waals surface area contributed by atoms with Gasteiger partial charge in [-0.1, -0.05) is 53.0 Å². The summed E-state index contributed by atoms with van der Waals surface area (Å²) in [5.74, 6) is 1.64. The molecule has 0 radical (unpaired) electrons. The molecule has 2 aliphatic rings. The van der Waals surface area contributed by atoms with E-state index in [4.69, 9.17) is 9.31 Å². The topological polar surface area (TPSA) is 18.5 Å². The molecule has 19 heavy (non-hydrogen) atoms. The van der Waals surface area contributed by atoms with Crippen LogP contribution in [0, 0.1) is 0 Å². The fourth-order valence-corrected chi connectivity index (χ4v) is 1.72. The smallest absolute Gasteiger partial charge is 0.528 e. The first-order valence-electron chi connectivity index (χ1n) is 7.00. The second kappa shape index (κ2) is 10.3. The lowest BCUT2D eigenvalue weighted by Gasteiger charge is -2.14. The largest absolute Gasteiger partial charge is 0.576 e. The number of hydrogen-bond acceptors (Lipinski definition) is 2. The fourth-order valence-electron chi connectivity index (χ4n) is 1.72. The predicted molar refractivity (Wildman–Crippen MR) is 84.8 cm³/mol. The van der Waals surface area contributed by atoms with Crippen molar-refractivity contribution in [3.63, 3.8) is 0 Å². The van der Waals surface area contributed by atoms with Gasteiger partial charge in [0.1, 0.15) is 11.5 Å². The Hall–Kier alpha value is -1.64. The highest BCUT2D eigenvalue weighted by molar-refractivity contribution is 6.19. The molecular formula is C16H25BO2. The van der Waals surface area contributed by atoms with Gasteiger partial charge in [-0.15, -0.1) is 0 Å². The average molecular weight is 260 g/mol. The lowest BCUT2D eigenvalue weighted by molar-refractivity contribution is 0.347. The Morgan fingerprint density at radius 3 is 2.53 bits per heavy atom. The lowest BCUT2D eigenvalue weighted by Crippen LogP contribution is -2.00. The van der Waals surface area contributed by atoms with Crippen LogP contribution in [0.15, 0.2) is 60.1 Å². The second-order valence-corrected chi connectivity index (χ2v) is 3.44. The van der Waals surface area contributed by atoms with Crippen molar-refractivity contribution in [2.24, 2.45) is 0 Å². The van der Waals surface area contributed by atoms with E-state index in [-0.39, 0.29) is 7.69 Å². The first-order chi connectivity index (χ1) is 9.33. The van der Waals surface area contributed by atoms with Crippen molar-refractivity contribution in [2.75, 3.05) is 0 Å². The van der Waals surface area contributed by atoms with Gasteiger partial charge in [0.05, 0.1) is 0 Å². The summed E-state index contributed by atoms with van der Waals surface area (Å²) in [6.45, 7) is 15.7. The molecule has 0 N–H and O–H groups in total. The van der Waals surface area contributed by atoms with Crippen LogP contribution >= 0.6 is 0 Å². The van der Waals surface area contributed by atoms with Crippen LogP contribution in [-0.4, -0.2) is 7.69 Å². The molecule has 0 saturated carbocycles. The van der Waals surface area contributed by atoms with E-state index in [2.05, 4.69) is 19.2 Å². The molecule has 0 aromatic heterocycles. The monoisotopic (exact) mass is 260 g/mol. The maximum atomic E-state index is 5.49. The standard InChI is InChI=1S/C12H13BO2.2C2H6/c1-3-6-11-9(2)10-7-4-5-8-12(10)15-13-14-11;2*1-2/h3,5-6,8,13H,1-2,4,7H2;2*1-2H3/b11-6+;;. The highest BCUT2D eigenvalue weighted by atomic mass is 16.6. The molecular weight excluding hydrogens is 235 g/mol. The van der Waals surface area contributed by atoms with Crippen molar-refractivity contribution in [2.45, 2.75) is 40.5 Å². The Morgan fingerprint density at radius 2 is 1.89 bits per heavy atom. The highest BCUT2D eigenvalue weighted by Gasteiger charge is 2.20. The number of allylic oxidation sites excluding steroid dienone is 5. The quantitative estimate of drug-likeness (QED) is 0.642. The van der Waals surface area contributed by atoms with E-state index in [1.165, 1.54) is 0 Å². The molecule has 0 saturated heterocycles. The van der Waals surface area contributed by atoms with Gasteiger partial charge in [-0.25, -0.2) is 0 Å². The molecule has 1 aliphatic heterocycles. The summed E-state index contributed by atoms with van der Waals surface area (Å²) in [6.07, 6.45) is 9.61. The Labute approximate surface area is 118 Å². The van der Waals surface area contributed by atoms with Gasteiger partial charge < -0.3 is 9.31 Å². The summed E-state index contributed by atoms with van der Waals surface area (Å²) in [6, 6.07) is 0. The van der Waals surface area contributed by atoms with Crippen LogP contribution in [0.4, 0.5) is 0 Å². The molecule has 2 rings (SSSR count).